The van der Waals surface area contributed by atoms with Crippen LogP contribution in [0.5, 0.6) is 0 Å². The monoisotopic (exact) mass is 1940 g/mol. The molecule has 6 fully saturated rings. The Bertz CT molecular complexity index is 6040. The largest absolute Gasteiger partial charge is 0.780 e. The number of nitrogens with zero attached hydrogens (tertiary/aromatic N) is 10. The van der Waals surface area contributed by atoms with Crippen molar-refractivity contribution >= 4 is 134 Å². The Labute approximate surface area is 716 Å². The van der Waals surface area contributed by atoms with Gasteiger partial charge in [-0.1, -0.05) is 59.0 Å². The Morgan fingerprint density at radius 1 is 0.426 bits per heavy atom. The average Bonchev–Trinajstić information content (AvgIpc) is 1.64. The summed E-state index contributed by atoms with van der Waals surface area (Å²) in [5, 5.41) is 0. The van der Waals surface area contributed by atoms with E-state index >= 15 is 0 Å². The second-order valence-electron chi connectivity index (χ2n) is 28.6. The molecule has 0 amide bonds. The number of anilines is 2. The van der Waals surface area contributed by atoms with Crippen LogP contribution in [0.25, 0.3) is 11.2 Å². The first-order chi connectivity index (χ1) is 57.2. The lowest BCUT2D eigenvalue weighted by Crippen LogP contribution is -2.34. The minimum Gasteiger partial charge on any atom is -0.780 e. The van der Waals surface area contributed by atoms with E-state index in [1.54, 1.807) is 13.8 Å². The summed E-state index contributed by atoms with van der Waals surface area (Å²) in [6, 6.07) is 0. The lowest BCUT2D eigenvalue weighted by molar-refractivity contribution is -0.221. The van der Waals surface area contributed by atoms with Crippen molar-refractivity contribution in [1.82, 2.24) is 67.3 Å². The van der Waals surface area contributed by atoms with E-state index in [-0.39, 0.29) is 64.3 Å². The Morgan fingerprint density at radius 2 is 0.730 bits per heavy atom. The van der Waals surface area contributed by atoms with Crippen LogP contribution in [0.2, 0.25) is 0 Å². The fourth-order valence-electron chi connectivity index (χ4n) is 13.8. The summed E-state index contributed by atoms with van der Waals surface area (Å²) >= 11 is 32.1. The van der Waals surface area contributed by atoms with Gasteiger partial charge in [-0.3, -0.25) is 71.1 Å². The van der Waals surface area contributed by atoms with E-state index in [4.69, 9.17) is 165 Å². The van der Waals surface area contributed by atoms with Gasteiger partial charge < -0.3 is 131 Å². The molecule has 7 aromatic heterocycles. The maximum atomic E-state index is 14.8. The minimum atomic E-state index is -4.99. The number of imidazole rings is 1. The van der Waals surface area contributed by atoms with Crippen molar-refractivity contribution < 1.29 is 112 Å². The third-order valence-electron chi connectivity index (χ3n) is 20.0. The van der Waals surface area contributed by atoms with Gasteiger partial charge in [-0.2, -0.15) is 4.98 Å². The fraction of sp³-hybridized carbons (Fsp3) is 0.590. The maximum Gasteiger partial charge on any atom is 0.351 e. The Hall–Kier alpha value is -5.34. The molecule has 0 aliphatic carbocycles. The molecule has 670 valence electrons. The van der Waals surface area contributed by atoms with E-state index in [0.29, 0.717) is 5.56 Å². The number of ether oxygens (including phenoxy) is 6. The van der Waals surface area contributed by atoms with Crippen LogP contribution < -0.4 is 86.6 Å². The molecule has 0 saturated carbocycles. The quantitative estimate of drug-likeness (QED) is 0.0177. The van der Waals surface area contributed by atoms with Crippen LogP contribution in [0.1, 0.15) is 111 Å². The fourth-order valence-corrected chi connectivity index (χ4v) is 22.1. The van der Waals surface area contributed by atoms with E-state index in [9.17, 15) is 72.2 Å². The highest BCUT2D eigenvalue weighted by Gasteiger charge is 2.48. The second-order valence-corrected chi connectivity index (χ2v) is 44.9. The van der Waals surface area contributed by atoms with Gasteiger partial charge in [-0.25, -0.2) is 38.9 Å². The number of nitrogens with one attached hydrogen (secondary N) is 4. The van der Waals surface area contributed by atoms with Crippen molar-refractivity contribution in [3.8, 4) is 0 Å². The zero-order valence-corrected chi connectivity index (χ0v) is 74.7. The summed E-state index contributed by atoms with van der Waals surface area (Å²) in [6.07, 6.45) is -17.6. The number of hydrogen-bond acceptors (Lipinski definition) is 45. The zero-order valence-electron chi connectivity index (χ0n) is 64.4. The highest BCUT2D eigenvalue weighted by Crippen LogP contribution is 2.56. The zero-order chi connectivity index (χ0) is 88.4. The van der Waals surface area contributed by atoms with E-state index in [2.05, 4.69) is 39.9 Å². The number of aryl methyl sites for hydroxylation is 5. The van der Waals surface area contributed by atoms with Gasteiger partial charge in [-0.05, 0) is 41.5 Å². The number of fused-ring (bicyclic) bond motifs is 1. The van der Waals surface area contributed by atoms with E-state index in [1.807, 2.05) is 0 Å². The molecule has 0 aromatic carbocycles. The predicted octanol–water partition coefficient (Wildman–Crippen LogP) is -2.65. The minimum absolute atomic E-state index is 0.0256. The molecule has 6 saturated heterocycles. The predicted molar refractivity (Wildman–Crippen MR) is 431 cm³/mol. The highest BCUT2D eigenvalue weighted by molar-refractivity contribution is 8.32. The van der Waals surface area contributed by atoms with E-state index in [0.717, 1.165) is 48.7 Å². The number of rotatable bonds is 34. The first-order valence-corrected chi connectivity index (χ1v) is 51.8. The molecular weight excluding hydrogens is 1860 g/mol. The smallest absolute Gasteiger partial charge is 0.351 e. The molecule has 6 aliphatic rings. The molecule has 24 atom stereocenters. The average molecular weight is 1940 g/mol. The van der Waals surface area contributed by atoms with Crippen LogP contribution in [0.3, 0.4) is 0 Å². The van der Waals surface area contributed by atoms with Gasteiger partial charge in [0.05, 0.1) is 82.1 Å². The van der Waals surface area contributed by atoms with Crippen molar-refractivity contribution in [2.24, 2.45) is 0 Å². The molecule has 122 heavy (non-hydrogen) atoms. The summed E-state index contributed by atoms with van der Waals surface area (Å²) in [6.45, 7) is -23.9. The molecule has 13 heterocycles. The van der Waals surface area contributed by atoms with Crippen LogP contribution in [0.4, 0.5) is 11.6 Å². The molecule has 13 rings (SSSR count). The summed E-state index contributed by atoms with van der Waals surface area (Å²) in [4.78, 5) is 211. The Morgan fingerprint density at radius 3 is 1.10 bits per heavy atom. The van der Waals surface area contributed by atoms with Gasteiger partial charge in [0.2, 0.25) is 0 Å². The van der Waals surface area contributed by atoms with Crippen molar-refractivity contribution in [3.05, 3.63) is 165 Å². The van der Waals surface area contributed by atoms with Gasteiger partial charge >= 0.3 is 28.4 Å². The van der Waals surface area contributed by atoms with Crippen molar-refractivity contribution in [2.45, 2.75) is 191 Å². The van der Waals surface area contributed by atoms with Crippen LogP contribution >= 0.6 is 40.4 Å². The number of aromatic amines is 4. The molecule has 0 bridgehead atoms. The Kier molecular flexibility index (Phi) is 29.2. The highest BCUT2D eigenvalue weighted by atomic mass is 32.7. The summed E-state index contributed by atoms with van der Waals surface area (Å²) in [5.74, 6) is -0.101. The lowest BCUT2D eigenvalue weighted by atomic mass is 10.2. The summed E-state index contributed by atoms with van der Waals surface area (Å²) in [7, 11) is 1.03. The van der Waals surface area contributed by atoms with Gasteiger partial charge in [-0.15, -0.1) is 0 Å². The standard InChI is InChI=1S/C61H82N16O33P6S6/c1-26-14-72(57(82)67-50(26)62)44-9-33(106-111(87,117)93-7)38(100-44)19-95-113(89,119)108-35-11-46(75-17-29(4)55(80)70-60(75)85)103-41(35)22-97-116(92,122)110-37-13-48(77-25-66-49-51(63)64-24-65-52(49)77)104-42(37)23-98-115(91,121)109-36-12-47(76-18-30(5)56(81)71-61(76)86)102-40(36)21-96-114(90,120)107-34-10-45(74-16-28(3)54(79)69-59(74)84)101-39(34)20-94-112(88,118)105-32-8-43(99-31(32)6)73-15-27(2)53(78)68-58(73)83/h14-18,24-25,31-48H,8-13,19-23H2,1-7H3,(H,87,117)(H,88,118)(H,89,119)(H,90,120)(H,91,121)(H,92,122)(H2,62,67,82)(H2,63,64,65)(H,68,78,83)(H,69,79,84)(H,70,80,85)(H,71,81,86)/p-6/t31-,32?,33?,34?,35?,36?,37?,38-,39-,40-,41-,42-,43-,44-,45-,46-,47-,48-,111?,112?,113?,114?,115?,116?/m1/s1. The molecule has 49 nitrogen and oxygen atoms in total. The third kappa shape index (κ3) is 22.5. The first-order valence-electron chi connectivity index (χ1n) is 36.4. The van der Waals surface area contributed by atoms with Gasteiger partial charge in [0.15, 0.2) is 18.3 Å². The van der Waals surface area contributed by atoms with Crippen LogP contribution in [0.15, 0.2) is 86.8 Å². The SMILES string of the molecule is COP([O-])(=S)OC1C[C@H](n2cc(C)c(N)nc2=O)O[C@@H]1COP([O-])(=S)OC1C[C@H](n2cc(C)c(=O)[nH]c2=O)O[C@@H]1COP([O-])(=S)OC1C[C@H](n2cnc3c(N)ncnc32)O[C@@H]1COP(=O)([S-])OC1C[C@H](n2cc(C)c(=O)[nH]c2=O)O[C@@H]1COP([O-])(=S)OC1C[C@H](n2cc(C)c(=O)[nH]c2=O)O[C@@H]1COP([O-])(=S)OC1C[C@H](n2cc(C)c(=O)[nH]c2=O)O[C@@H]1C. The van der Waals surface area contributed by atoms with Gasteiger partial charge in [0, 0.05) is 104 Å². The topological polar surface area (TPSA) is 648 Å². The number of H-pyrrole nitrogens is 4. The molecular formula is C61H76N16O33P6S6-6. The van der Waals surface area contributed by atoms with Crippen molar-refractivity contribution in [1.29, 1.82) is 0 Å². The van der Waals surface area contributed by atoms with Gasteiger partial charge in [0.25, 0.3) is 22.2 Å². The third-order valence-corrected chi connectivity index (χ3v) is 29.6. The molecule has 7 aromatic rings. The number of aromatic nitrogens is 14. The molecule has 6 aliphatic heterocycles. The molecule has 8 N–H and O–H groups in total. The molecule has 0 radical (unpaired) electrons. The second kappa shape index (κ2) is 37.8. The summed E-state index contributed by atoms with van der Waals surface area (Å²) in [5.41, 5.74) is 5.54. The van der Waals surface area contributed by atoms with Crippen LogP contribution in [-0.4, -0.2) is 181 Å². The van der Waals surface area contributed by atoms with E-state index < -0.39 is 254 Å². The maximum absolute atomic E-state index is 14.8. The first kappa shape index (κ1) is 94.3. The summed E-state index contributed by atoms with van der Waals surface area (Å²) < 4.78 is 127. The normalized spacial score (nSPS) is 29.8. The number of hydrogen-bond donors (Lipinski definition) is 6. The molecule has 61 heteroatoms. The molecule has 0 spiro atoms. The van der Waals surface area contributed by atoms with Crippen LogP contribution in [0, 0.1) is 34.6 Å². The Balaban J connectivity index is 0.706. The van der Waals surface area contributed by atoms with Crippen molar-refractivity contribution in [3.63, 3.8) is 0 Å². The number of nitrogen functional groups attached to an aromatic ring is 2. The van der Waals surface area contributed by atoms with E-state index in [1.165, 1.54) is 57.2 Å². The number of nitrogens with two attached hydrogens (primary N) is 2. The molecule has 12 unspecified atom stereocenters. The lowest BCUT2D eigenvalue weighted by Gasteiger charge is -2.36. The van der Waals surface area contributed by atoms with Crippen LogP contribution in [-0.2, 0) is 159 Å². The van der Waals surface area contributed by atoms with Gasteiger partial charge in [0.1, 0.15) is 119 Å². The van der Waals surface area contributed by atoms with Crippen molar-refractivity contribution in [2.75, 3.05) is 51.6 Å².